The summed E-state index contributed by atoms with van der Waals surface area (Å²) in [6.07, 6.45) is 0. The topological polar surface area (TPSA) is 72.3 Å². The van der Waals surface area contributed by atoms with Crippen LogP contribution in [0.25, 0.3) is 11.5 Å². The Kier molecular flexibility index (Phi) is 2.20. The van der Waals surface area contributed by atoms with Crippen molar-refractivity contribution >= 4 is 11.6 Å². The number of rotatable bonds is 2. The maximum Gasteiger partial charge on any atom is 0.224 e. The van der Waals surface area contributed by atoms with Crippen molar-refractivity contribution in [1.29, 1.82) is 0 Å². The van der Waals surface area contributed by atoms with Crippen LogP contribution in [0.15, 0.2) is 0 Å². The number of hydrogen-bond acceptors (Lipinski definition) is 4. The average Bonchev–Trinajstić information content (AvgIpc) is 2.76. The zero-order valence-electron chi connectivity index (χ0n) is 7.82. The minimum Gasteiger partial charge on any atom is -0.260 e. The van der Waals surface area contributed by atoms with Crippen LogP contribution in [-0.4, -0.2) is 30.4 Å². The largest absolute Gasteiger partial charge is 0.260 e. The maximum absolute atomic E-state index is 6.08. The van der Waals surface area contributed by atoms with E-state index >= 15 is 0 Å². The third-order valence-electron chi connectivity index (χ3n) is 1.91. The van der Waals surface area contributed by atoms with Gasteiger partial charge >= 0.3 is 0 Å². The van der Waals surface area contributed by atoms with Gasteiger partial charge in [-0.1, -0.05) is 11.6 Å². The number of H-pyrrole nitrogens is 1. The van der Waals surface area contributed by atoms with Crippen molar-refractivity contribution in [3.05, 3.63) is 10.7 Å². The molecule has 0 saturated carbocycles. The van der Waals surface area contributed by atoms with Gasteiger partial charge in [-0.2, -0.15) is 10.3 Å². The molecule has 0 amide bonds. The predicted octanol–water partition coefficient (Wildman–Crippen LogP) is 1.04. The number of nitrogens with zero attached hydrogens (tertiary/aromatic N) is 5. The number of aryl methyl sites for hydroxylation is 2. The highest BCUT2D eigenvalue weighted by molar-refractivity contribution is 6.33. The normalized spacial score (nSPS) is 10.8. The molecule has 0 aromatic carbocycles. The van der Waals surface area contributed by atoms with E-state index in [0.29, 0.717) is 16.5 Å². The molecule has 0 unspecified atom stereocenters. The standard InChI is InChI=1S/C7H9ClN6/c1-3-14-6(5(8)4(2)11-14)7-9-12-13-10-7/h3H2,1-2H3,(H,9,10,12,13). The lowest BCUT2D eigenvalue weighted by molar-refractivity contribution is 0.657. The summed E-state index contributed by atoms with van der Waals surface area (Å²) in [7, 11) is 0. The van der Waals surface area contributed by atoms with Crippen molar-refractivity contribution in [2.45, 2.75) is 20.4 Å². The summed E-state index contributed by atoms with van der Waals surface area (Å²) in [5, 5.41) is 18.5. The number of tetrazole rings is 1. The van der Waals surface area contributed by atoms with Crippen LogP contribution in [0.1, 0.15) is 12.6 Å². The van der Waals surface area contributed by atoms with Gasteiger partial charge in [0.25, 0.3) is 0 Å². The highest BCUT2D eigenvalue weighted by Gasteiger charge is 2.17. The second kappa shape index (κ2) is 3.38. The second-order valence-electron chi connectivity index (χ2n) is 2.80. The number of halogens is 1. The second-order valence-corrected chi connectivity index (χ2v) is 3.18. The van der Waals surface area contributed by atoms with Crippen LogP contribution in [0.3, 0.4) is 0 Å². The molecule has 0 aliphatic rings. The first kappa shape index (κ1) is 9.14. The quantitative estimate of drug-likeness (QED) is 0.808. The first-order valence-electron chi connectivity index (χ1n) is 4.20. The molecule has 0 fully saturated rings. The molecule has 1 N–H and O–H groups in total. The van der Waals surface area contributed by atoms with E-state index in [4.69, 9.17) is 11.6 Å². The van der Waals surface area contributed by atoms with Gasteiger partial charge in [-0.15, -0.1) is 10.2 Å². The average molecular weight is 213 g/mol. The predicted molar refractivity (Wildman–Crippen MR) is 50.8 cm³/mol. The van der Waals surface area contributed by atoms with Crippen LogP contribution < -0.4 is 0 Å². The molecule has 0 radical (unpaired) electrons. The van der Waals surface area contributed by atoms with E-state index in [1.54, 1.807) is 4.68 Å². The van der Waals surface area contributed by atoms with Crippen LogP contribution >= 0.6 is 11.6 Å². The van der Waals surface area contributed by atoms with Gasteiger partial charge in [0.2, 0.25) is 5.82 Å². The molecular formula is C7H9ClN6. The minimum absolute atomic E-state index is 0.470. The van der Waals surface area contributed by atoms with E-state index in [9.17, 15) is 0 Å². The highest BCUT2D eigenvalue weighted by atomic mass is 35.5. The fraction of sp³-hybridized carbons (Fsp3) is 0.429. The van der Waals surface area contributed by atoms with Crippen LogP contribution in [-0.2, 0) is 6.54 Å². The molecule has 2 rings (SSSR count). The Labute approximate surface area is 85.3 Å². The molecule has 74 valence electrons. The smallest absolute Gasteiger partial charge is 0.224 e. The van der Waals surface area contributed by atoms with Gasteiger partial charge in [0.1, 0.15) is 5.69 Å². The first-order chi connectivity index (χ1) is 6.74. The summed E-state index contributed by atoms with van der Waals surface area (Å²) in [6, 6.07) is 0. The van der Waals surface area contributed by atoms with Crippen molar-refractivity contribution in [2.75, 3.05) is 0 Å². The maximum atomic E-state index is 6.08. The van der Waals surface area contributed by atoms with Crippen molar-refractivity contribution in [2.24, 2.45) is 0 Å². The van der Waals surface area contributed by atoms with Crippen molar-refractivity contribution in [1.82, 2.24) is 30.4 Å². The van der Waals surface area contributed by atoms with Gasteiger partial charge < -0.3 is 0 Å². The molecule has 2 heterocycles. The number of hydrogen-bond donors (Lipinski definition) is 1. The molecule has 0 atom stereocenters. The summed E-state index contributed by atoms with van der Waals surface area (Å²) >= 11 is 6.08. The van der Waals surface area contributed by atoms with Gasteiger partial charge in [0.05, 0.1) is 10.7 Å². The van der Waals surface area contributed by atoms with Crippen molar-refractivity contribution in [3.8, 4) is 11.5 Å². The fourth-order valence-corrected chi connectivity index (χ4v) is 1.48. The van der Waals surface area contributed by atoms with Crippen molar-refractivity contribution < 1.29 is 0 Å². The summed E-state index contributed by atoms with van der Waals surface area (Å²) in [6.45, 7) is 4.54. The molecule has 7 heteroatoms. The molecule has 0 aliphatic heterocycles. The molecule has 6 nitrogen and oxygen atoms in total. The summed E-state index contributed by atoms with van der Waals surface area (Å²) < 4.78 is 1.75. The Morgan fingerprint density at radius 1 is 1.50 bits per heavy atom. The zero-order valence-corrected chi connectivity index (χ0v) is 8.58. The van der Waals surface area contributed by atoms with Crippen molar-refractivity contribution in [3.63, 3.8) is 0 Å². The third-order valence-corrected chi connectivity index (χ3v) is 2.36. The van der Waals surface area contributed by atoms with E-state index < -0.39 is 0 Å². The van der Waals surface area contributed by atoms with E-state index in [-0.39, 0.29) is 0 Å². The molecule has 14 heavy (non-hydrogen) atoms. The Hall–Kier alpha value is -1.43. The minimum atomic E-state index is 0.470. The molecule has 0 bridgehead atoms. The lowest BCUT2D eigenvalue weighted by Gasteiger charge is -1.98. The first-order valence-corrected chi connectivity index (χ1v) is 4.58. The molecule has 0 saturated heterocycles. The zero-order chi connectivity index (χ0) is 10.1. The van der Waals surface area contributed by atoms with Gasteiger partial charge in [-0.3, -0.25) is 4.68 Å². The van der Waals surface area contributed by atoms with Gasteiger partial charge in [0.15, 0.2) is 0 Å². The van der Waals surface area contributed by atoms with E-state index in [0.717, 1.165) is 12.2 Å². The van der Waals surface area contributed by atoms with Gasteiger partial charge in [-0.05, 0) is 19.1 Å². The summed E-state index contributed by atoms with van der Waals surface area (Å²) in [5.74, 6) is 0.470. The van der Waals surface area contributed by atoms with Gasteiger partial charge in [-0.25, -0.2) is 0 Å². The van der Waals surface area contributed by atoms with E-state index in [2.05, 4.69) is 25.7 Å². The number of aromatic nitrogens is 6. The number of nitrogens with one attached hydrogen (secondary N) is 1. The summed E-state index contributed by atoms with van der Waals surface area (Å²) in [4.78, 5) is 0. The van der Waals surface area contributed by atoms with Gasteiger partial charge in [0, 0.05) is 6.54 Å². The van der Waals surface area contributed by atoms with E-state index in [1.165, 1.54) is 0 Å². The Morgan fingerprint density at radius 2 is 2.29 bits per heavy atom. The molecule has 2 aromatic rings. The molecule has 0 aliphatic carbocycles. The van der Waals surface area contributed by atoms with Crippen LogP contribution in [0.2, 0.25) is 5.02 Å². The molecular weight excluding hydrogens is 204 g/mol. The monoisotopic (exact) mass is 212 g/mol. The fourth-order valence-electron chi connectivity index (χ4n) is 1.26. The molecule has 0 spiro atoms. The van der Waals surface area contributed by atoms with Crippen LogP contribution in [0, 0.1) is 6.92 Å². The van der Waals surface area contributed by atoms with Crippen LogP contribution in [0.4, 0.5) is 0 Å². The molecule has 2 aromatic heterocycles. The Bertz CT molecular complexity index is 431. The highest BCUT2D eigenvalue weighted by Crippen LogP contribution is 2.27. The SMILES string of the molecule is CCn1nc(C)c(Cl)c1-c1nn[nH]n1. The van der Waals surface area contributed by atoms with Crippen LogP contribution in [0.5, 0.6) is 0 Å². The number of aromatic amines is 1. The van der Waals surface area contributed by atoms with E-state index in [1.807, 2.05) is 13.8 Å². The Morgan fingerprint density at radius 3 is 2.86 bits per heavy atom. The lowest BCUT2D eigenvalue weighted by atomic mass is 10.3. The lowest BCUT2D eigenvalue weighted by Crippen LogP contribution is -2.00. The third kappa shape index (κ3) is 1.27. The Balaban J connectivity index is 2.61. The summed E-state index contributed by atoms with van der Waals surface area (Å²) in [5.41, 5.74) is 1.48.